The van der Waals surface area contributed by atoms with Gasteiger partial charge in [-0.2, -0.15) is 0 Å². The number of nitrogens with one attached hydrogen (secondary N) is 1. The molecule has 0 radical (unpaired) electrons. The highest BCUT2D eigenvalue weighted by atomic mass is 79.9. The van der Waals surface area contributed by atoms with Gasteiger partial charge in [-0.05, 0) is 33.6 Å². The number of piperazine rings is 1. The molecule has 1 saturated heterocycles. The Balaban J connectivity index is 1.84. The summed E-state index contributed by atoms with van der Waals surface area (Å²) < 4.78 is 1.06. The molecular formula is C14H16BrN3. The van der Waals surface area contributed by atoms with Crippen molar-refractivity contribution in [2.24, 2.45) is 0 Å². The minimum absolute atomic E-state index is 0.997. The normalized spacial score (nSPS) is 17.2. The van der Waals surface area contributed by atoms with Gasteiger partial charge in [0.25, 0.3) is 0 Å². The van der Waals surface area contributed by atoms with Gasteiger partial charge in [-0.3, -0.25) is 9.88 Å². The molecular weight excluding hydrogens is 290 g/mol. The van der Waals surface area contributed by atoms with Crippen molar-refractivity contribution in [3.05, 3.63) is 40.5 Å². The van der Waals surface area contributed by atoms with Crippen LogP contribution in [-0.2, 0) is 6.54 Å². The Labute approximate surface area is 115 Å². The number of hydrogen-bond donors (Lipinski definition) is 1. The third-order valence-corrected chi connectivity index (χ3v) is 3.97. The second-order valence-corrected chi connectivity index (χ2v) is 5.54. The molecule has 2 aromatic rings. The summed E-state index contributed by atoms with van der Waals surface area (Å²) in [6.45, 7) is 5.42. The van der Waals surface area contributed by atoms with Gasteiger partial charge in [0.05, 0.1) is 5.52 Å². The number of para-hydroxylation sites is 1. The van der Waals surface area contributed by atoms with E-state index in [-0.39, 0.29) is 0 Å². The monoisotopic (exact) mass is 305 g/mol. The minimum Gasteiger partial charge on any atom is -0.314 e. The maximum absolute atomic E-state index is 4.56. The predicted molar refractivity (Wildman–Crippen MR) is 77.6 cm³/mol. The summed E-state index contributed by atoms with van der Waals surface area (Å²) in [5.41, 5.74) is 2.34. The Morgan fingerprint density at radius 1 is 1.28 bits per heavy atom. The quantitative estimate of drug-likeness (QED) is 0.923. The maximum Gasteiger partial charge on any atom is 0.0844 e. The molecule has 4 heteroatoms. The van der Waals surface area contributed by atoms with Crippen molar-refractivity contribution in [3.8, 4) is 0 Å². The highest BCUT2D eigenvalue weighted by Crippen LogP contribution is 2.22. The van der Waals surface area contributed by atoms with E-state index in [2.05, 4.69) is 49.3 Å². The molecule has 0 amide bonds. The second-order valence-electron chi connectivity index (χ2n) is 4.68. The van der Waals surface area contributed by atoms with Crippen LogP contribution < -0.4 is 5.32 Å². The highest BCUT2D eigenvalue weighted by Gasteiger charge is 2.10. The lowest BCUT2D eigenvalue weighted by Crippen LogP contribution is -2.42. The zero-order valence-corrected chi connectivity index (χ0v) is 11.8. The zero-order valence-electron chi connectivity index (χ0n) is 10.2. The largest absolute Gasteiger partial charge is 0.314 e. The standard InChI is InChI=1S/C14H16BrN3/c15-13-3-1-2-12-8-11(9-17-14(12)13)10-18-6-4-16-5-7-18/h1-3,8-9,16H,4-7,10H2. The Hall–Kier alpha value is -0.970. The summed E-state index contributed by atoms with van der Waals surface area (Å²) in [6.07, 6.45) is 2.00. The maximum atomic E-state index is 4.56. The predicted octanol–water partition coefficient (Wildman–Crippen LogP) is 2.40. The smallest absolute Gasteiger partial charge is 0.0844 e. The molecule has 0 atom stereocenters. The van der Waals surface area contributed by atoms with E-state index in [1.165, 1.54) is 10.9 Å². The molecule has 2 heterocycles. The highest BCUT2D eigenvalue weighted by molar-refractivity contribution is 9.10. The molecule has 18 heavy (non-hydrogen) atoms. The van der Waals surface area contributed by atoms with Gasteiger partial charge in [0.2, 0.25) is 0 Å². The number of halogens is 1. The van der Waals surface area contributed by atoms with E-state index in [0.29, 0.717) is 0 Å². The van der Waals surface area contributed by atoms with Crippen molar-refractivity contribution in [2.45, 2.75) is 6.54 Å². The number of nitrogens with zero attached hydrogens (tertiary/aromatic N) is 2. The number of hydrogen-bond acceptors (Lipinski definition) is 3. The van der Waals surface area contributed by atoms with Crippen LogP contribution in [-0.4, -0.2) is 36.1 Å². The van der Waals surface area contributed by atoms with Crippen molar-refractivity contribution in [1.82, 2.24) is 15.2 Å². The van der Waals surface area contributed by atoms with Crippen molar-refractivity contribution >= 4 is 26.8 Å². The third-order valence-electron chi connectivity index (χ3n) is 3.33. The van der Waals surface area contributed by atoms with E-state index in [1.54, 1.807) is 0 Å². The summed E-state index contributed by atoms with van der Waals surface area (Å²) in [5.74, 6) is 0. The van der Waals surface area contributed by atoms with Crippen LogP contribution in [0.25, 0.3) is 10.9 Å². The molecule has 1 N–H and O–H groups in total. The summed E-state index contributed by atoms with van der Waals surface area (Å²) in [4.78, 5) is 7.03. The van der Waals surface area contributed by atoms with Crippen LogP contribution in [0.15, 0.2) is 34.9 Å². The van der Waals surface area contributed by atoms with E-state index in [9.17, 15) is 0 Å². The number of pyridine rings is 1. The van der Waals surface area contributed by atoms with Crippen LogP contribution in [0.2, 0.25) is 0 Å². The molecule has 1 aromatic heterocycles. The molecule has 1 aliphatic heterocycles. The summed E-state index contributed by atoms with van der Waals surface area (Å²) in [5, 5.41) is 4.58. The van der Waals surface area contributed by atoms with Crippen molar-refractivity contribution < 1.29 is 0 Å². The van der Waals surface area contributed by atoms with Crippen LogP contribution >= 0.6 is 15.9 Å². The van der Waals surface area contributed by atoms with Gasteiger partial charge in [-0.25, -0.2) is 0 Å². The Morgan fingerprint density at radius 3 is 2.94 bits per heavy atom. The van der Waals surface area contributed by atoms with Gasteiger partial charge in [-0.15, -0.1) is 0 Å². The fraction of sp³-hybridized carbons (Fsp3) is 0.357. The van der Waals surface area contributed by atoms with Crippen LogP contribution in [0.5, 0.6) is 0 Å². The molecule has 3 nitrogen and oxygen atoms in total. The first kappa shape index (κ1) is 12.1. The molecule has 0 saturated carbocycles. The molecule has 0 bridgehead atoms. The van der Waals surface area contributed by atoms with Crippen molar-refractivity contribution in [2.75, 3.05) is 26.2 Å². The SMILES string of the molecule is Brc1cccc2cc(CN3CCNCC3)cnc12. The first-order chi connectivity index (χ1) is 8.83. The molecule has 1 aliphatic rings. The lowest BCUT2D eigenvalue weighted by atomic mass is 10.1. The van der Waals surface area contributed by atoms with Crippen molar-refractivity contribution in [1.29, 1.82) is 0 Å². The third kappa shape index (κ3) is 2.55. The Bertz CT molecular complexity index is 550. The summed E-state index contributed by atoms with van der Waals surface area (Å²) in [7, 11) is 0. The van der Waals surface area contributed by atoms with Crippen LogP contribution in [0, 0.1) is 0 Å². The molecule has 0 spiro atoms. The second kappa shape index (κ2) is 5.34. The molecule has 3 rings (SSSR count). The fourth-order valence-corrected chi connectivity index (χ4v) is 2.87. The van der Waals surface area contributed by atoms with Crippen LogP contribution in [0.4, 0.5) is 0 Å². The van der Waals surface area contributed by atoms with Gasteiger partial charge < -0.3 is 5.32 Å². The lowest BCUT2D eigenvalue weighted by Gasteiger charge is -2.27. The van der Waals surface area contributed by atoms with E-state index in [0.717, 1.165) is 42.7 Å². The van der Waals surface area contributed by atoms with E-state index in [4.69, 9.17) is 0 Å². The van der Waals surface area contributed by atoms with Gasteiger partial charge >= 0.3 is 0 Å². The van der Waals surface area contributed by atoms with Crippen LogP contribution in [0.3, 0.4) is 0 Å². The van der Waals surface area contributed by atoms with Gasteiger partial charge in [0.15, 0.2) is 0 Å². The lowest BCUT2D eigenvalue weighted by molar-refractivity contribution is 0.233. The van der Waals surface area contributed by atoms with E-state index < -0.39 is 0 Å². The molecule has 1 aromatic carbocycles. The fourth-order valence-electron chi connectivity index (χ4n) is 2.38. The van der Waals surface area contributed by atoms with Gasteiger partial charge in [0.1, 0.15) is 0 Å². The van der Waals surface area contributed by atoms with Gasteiger partial charge in [-0.1, -0.05) is 12.1 Å². The molecule has 1 fully saturated rings. The number of aromatic nitrogens is 1. The summed E-state index contributed by atoms with van der Waals surface area (Å²) in [6, 6.07) is 8.46. The average Bonchev–Trinajstić information content (AvgIpc) is 2.40. The zero-order chi connectivity index (χ0) is 12.4. The summed E-state index contributed by atoms with van der Waals surface area (Å²) >= 11 is 3.54. The van der Waals surface area contributed by atoms with Crippen molar-refractivity contribution in [3.63, 3.8) is 0 Å². The first-order valence-corrected chi connectivity index (χ1v) is 7.08. The van der Waals surface area contributed by atoms with E-state index >= 15 is 0 Å². The topological polar surface area (TPSA) is 28.2 Å². The minimum atomic E-state index is 0.997. The number of fused-ring (bicyclic) bond motifs is 1. The Kier molecular flexibility index (Phi) is 3.59. The average molecular weight is 306 g/mol. The Morgan fingerprint density at radius 2 is 2.11 bits per heavy atom. The van der Waals surface area contributed by atoms with Gasteiger partial charge in [0, 0.05) is 48.8 Å². The molecule has 0 unspecified atom stereocenters. The molecule has 0 aliphatic carbocycles. The van der Waals surface area contributed by atoms with Crippen LogP contribution in [0.1, 0.15) is 5.56 Å². The number of rotatable bonds is 2. The molecule has 94 valence electrons. The van der Waals surface area contributed by atoms with E-state index in [1.807, 2.05) is 12.3 Å². The first-order valence-electron chi connectivity index (χ1n) is 6.29. The number of benzene rings is 1.